The molecule has 5 aliphatic rings. The molecular formula is C41H67F5O5S. The SMILES string of the molecule is COCO[C@H]1CC[C@H]2[C@@H]3CC[C@H]4CC5(CCOO5)CC[C@]4(C)[C@H]3[C@@H](OC/C=C/CCCCCCCCCCSCCCC(F)(F)C(F)(F)F)C[C@]12C. The van der Waals surface area contributed by atoms with E-state index in [-0.39, 0.29) is 35.1 Å². The van der Waals surface area contributed by atoms with Crippen LogP contribution in [0.4, 0.5) is 22.0 Å². The second-order valence-electron chi connectivity index (χ2n) is 17.3. The van der Waals surface area contributed by atoms with Gasteiger partial charge in [-0.05, 0) is 123 Å². The van der Waals surface area contributed by atoms with Crippen LogP contribution in [0.25, 0.3) is 0 Å². The van der Waals surface area contributed by atoms with Crippen molar-refractivity contribution in [3.8, 4) is 0 Å². The van der Waals surface area contributed by atoms with E-state index in [1.54, 1.807) is 7.11 Å². The minimum absolute atomic E-state index is 0.0758. The molecule has 0 bridgehead atoms. The molecule has 11 heteroatoms. The van der Waals surface area contributed by atoms with Crippen LogP contribution in [0.5, 0.6) is 0 Å². The highest BCUT2D eigenvalue weighted by Crippen LogP contribution is 2.68. The molecule has 0 aromatic rings. The van der Waals surface area contributed by atoms with Crippen molar-refractivity contribution in [2.75, 3.05) is 38.6 Å². The van der Waals surface area contributed by atoms with Crippen molar-refractivity contribution in [1.29, 1.82) is 0 Å². The number of unbranched alkanes of at least 4 members (excludes halogenated alkanes) is 8. The Morgan fingerprint density at radius 1 is 0.769 bits per heavy atom. The van der Waals surface area contributed by atoms with E-state index in [4.69, 9.17) is 24.0 Å². The van der Waals surface area contributed by atoms with E-state index >= 15 is 0 Å². The summed E-state index contributed by atoms with van der Waals surface area (Å²) >= 11 is 1.48. The quantitative estimate of drug-likeness (QED) is 0.0381. The lowest BCUT2D eigenvalue weighted by atomic mass is 9.43. The highest BCUT2D eigenvalue weighted by Gasteiger charge is 2.65. The summed E-state index contributed by atoms with van der Waals surface area (Å²) in [6.45, 7) is 6.80. The summed E-state index contributed by atoms with van der Waals surface area (Å²) in [5.74, 6) is -0.845. The van der Waals surface area contributed by atoms with E-state index in [2.05, 4.69) is 26.0 Å². The summed E-state index contributed by atoms with van der Waals surface area (Å²) in [5, 5.41) is 0. The predicted molar refractivity (Wildman–Crippen MR) is 196 cm³/mol. The van der Waals surface area contributed by atoms with Gasteiger partial charge in [-0.25, -0.2) is 9.78 Å². The average molecular weight is 767 g/mol. The maximum atomic E-state index is 13.0. The summed E-state index contributed by atoms with van der Waals surface area (Å²) < 4.78 is 81.2. The van der Waals surface area contributed by atoms with Crippen LogP contribution in [0, 0.1) is 34.5 Å². The molecule has 4 saturated carbocycles. The zero-order chi connectivity index (χ0) is 37.3. The second-order valence-corrected chi connectivity index (χ2v) is 18.6. The van der Waals surface area contributed by atoms with Crippen LogP contribution in [-0.4, -0.2) is 68.5 Å². The first-order valence-corrected chi connectivity index (χ1v) is 21.7. The van der Waals surface area contributed by atoms with Crippen molar-refractivity contribution in [3.63, 3.8) is 0 Å². The molecule has 52 heavy (non-hydrogen) atoms. The van der Waals surface area contributed by atoms with Crippen molar-refractivity contribution >= 4 is 11.8 Å². The Hall–Kier alpha value is -0.460. The molecule has 0 aromatic carbocycles. The number of halogens is 5. The Kier molecular flexibility index (Phi) is 15.7. The molecule has 302 valence electrons. The van der Waals surface area contributed by atoms with Gasteiger partial charge in [0.05, 0.1) is 25.4 Å². The standard InChI is InChI=1S/C41H67F5O5S/c1-37-21-22-39(23-25-50-51-39)28-31(37)16-17-32-33-18-19-35(49-30-47-3)38(33,2)29-34(36(32)37)48-24-13-11-9-7-5-4-6-8-10-12-14-26-52-27-15-20-40(42,43)41(44,45)46/h11,13,31-36H,4-10,12,14-30H2,1-3H3/b13-11+/t31-,32-,33-,34-,35-,36+,37-,38-,39?/m0/s1. The van der Waals surface area contributed by atoms with Gasteiger partial charge in [0.15, 0.2) is 0 Å². The van der Waals surface area contributed by atoms with Crippen molar-refractivity contribution in [1.82, 2.24) is 0 Å². The number of hydrogen-bond acceptors (Lipinski definition) is 6. The maximum absolute atomic E-state index is 13.0. The van der Waals surface area contributed by atoms with E-state index in [0.29, 0.717) is 42.8 Å². The van der Waals surface area contributed by atoms with Gasteiger partial charge in [0.25, 0.3) is 0 Å². The van der Waals surface area contributed by atoms with Crippen LogP contribution in [0.15, 0.2) is 12.2 Å². The molecule has 0 aromatic heterocycles. The molecule has 5 nitrogen and oxygen atoms in total. The Balaban J connectivity index is 0.987. The minimum Gasteiger partial charge on any atom is -0.374 e. The zero-order valence-corrected chi connectivity index (χ0v) is 33.0. The lowest BCUT2D eigenvalue weighted by molar-refractivity contribution is -0.327. The van der Waals surface area contributed by atoms with Crippen LogP contribution in [-0.2, 0) is 24.0 Å². The molecule has 1 unspecified atom stereocenters. The van der Waals surface area contributed by atoms with Crippen LogP contribution in [0.1, 0.15) is 142 Å². The number of rotatable bonds is 21. The molecular weight excluding hydrogens is 700 g/mol. The third kappa shape index (κ3) is 10.3. The summed E-state index contributed by atoms with van der Waals surface area (Å²) in [6.07, 6.45) is 19.0. The van der Waals surface area contributed by atoms with Gasteiger partial charge < -0.3 is 14.2 Å². The smallest absolute Gasteiger partial charge is 0.374 e. The molecule has 1 heterocycles. The average Bonchev–Trinajstić information content (AvgIpc) is 3.69. The number of ether oxygens (including phenoxy) is 3. The van der Waals surface area contributed by atoms with Gasteiger partial charge in [-0.2, -0.15) is 33.7 Å². The topological polar surface area (TPSA) is 46.2 Å². The third-order valence-corrected chi connectivity index (χ3v) is 15.2. The summed E-state index contributed by atoms with van der Waals surface area (Å²) in [4.78, 5) is 11.4. The second kappa shape index (κ2) is 19.1. The van der Waals surface area contributed by atoms with Crippen LogP contribution < -0.4 is 0 Å². The van der Waals surface area contributed by atoms with Gasteiger partial charge in [0, 0.05) is 20.0 Å². The van der Waals surface area contributed by atoms with Crippen LogP contribution in [0.3, 0.4) is 0 Å². The molecule has 5 fully saturated rings. The van der Waals surface area contributed by atoms with Crippen molar-refractivity contribution in [2.45, 2.75) is 172 Å². The fourth-order valence-corrected chi connectivity index (χ4v) is 12.2. The Morgan fingerprint density at radius 3 is 2.21 bits per heavy atom. The number of hydrogen-bond donors (Lipinski definition) is 0. The molecule has 1 spiro atoms. The number of alkyl halides is 5. The molecule has 1 saturated heterocycles. The highest BCUT2D eigenvalue weighted by atomic mass is 32.2. The van der Waals surface area contributed by atoms with Gasteiger partial charge in [0.1, 0.15) is 12.4 Å². The number of fused-ring (bicyclic) bond motifs is 5. The van der Waals surface area contributed by atoms with Crippen molar-refractivity contribution in [3.05, 3.63) is 12.2 Å². The predicted octanol–water partition coefficient (Wildman–Crippen LogP) is 11.9. The third-order valence-electron chi connectivity index (χ3n) is 14.1. The van der Waals surface area contributed by atoms with Crippen molar-refractivity contribution in [2.24, 2.45) is 34.5 Å². The number of methoxy groups -OCH3 is 1. The first kappa shape index (κ1) is 42.7. The van der Waals surface area contributed by atoms with Crippen molar-refractivity contribution < 1.29 is 45.9 Å². The zero-order valence-electron chi connectivity index (χ0n) is 32.1. The van der Waals surface area contributed by atoms with E-state index in [0.717, 1.165) is 70.1 Å². The highest BCUT2D eigenvalue weighted by molar-refractivity contribution is 7.99. The van der Waals surface area contributed by atoms with Crippen LogP contribution in [0.2, 0.25) is 0 Å². The first-order chi connectivity index (χ1) is 24.9. The fraction of sp³-hybridized carbons (Fsp3) is 0.951. The number of allylic oxidation sites excluding steroid dienone is 1. The molecule has 0 amide bonds. The normalized spacial score (nSPS) is 36.4. The Bertz CT molecular complexity index is 1100. The summed E-state index contributed by atoms with van der Waals surface area (Å²) in [7, 11) is 1.71. The van der Waals surface area contributed by atoms with E-state index in [9.17, 15) is 22.0 Å². The first-order valence-electron chi connectivity index (χ1n) is 20.6. The van der Waals surface area contributed by atoms with Gasteiger partial charge in [-0.3, -0.25) is 0 Å². The molecule has 1 aliphatic heterocycles. The lowest BCUT2D eigenvalue weighted by Gasteiger charge is -2.63. The maximum Gasteiger partial charge on any atom is 0.453 e. The molecule has 0 N–H and O–H groups in total. The van der Waals surface area contributed by atoms with Gasteiger partial charge in [-0.1, -0.05) is 64.5 Å². The lowest BCUT2D eigenvalue weighted by Crippen LogP contribution is -2.61. The summed E-state index contributed by atoms with van der Waals surface area (Å²) in [5.41, 5.74) is 0.290. The van der Waals surface area contributed by atoms with Gasteiger partial charge >= 0.3 is 12.1 Å². The minimum atomic E-state index is -5.44. The van der Waals surface area contributed by atoms with Crippen LogP contribution >= 0.6 is 11.8 Å². The monoisotopic (exact) mass is 766 g/mol. The van der Waals surface area contributed by atoms with E-state index in [1.165, 1.54) is 69.5 Å². The number of thioether (sulfide) groups is 1. The molecule has 9 atom stereocenters. The fourth-order valence-electron chi connectivity index (χ4n) is 11.2. The largest absolute Gasteiger partial charge is 0.453 e. The Morgan fingerprint density at radius 2 is 1.50 bits per heavy atom. The van der Waals surface area contributed by atoms with E-state index < -0.39 is 18.5 Å². The van der Waals surface area contributed by atoms with Gasteiger partial charge in [-0.15, -0.1) is 0 Å². The Labute approximate surface area is 314 Å². The molecule has 4 aliphatic carbocycles. The van der Waals surface area contributed by atoms with E-state index in [1.807, 2.05) is 0 Å². The molecule has 0 radical (unpaired) electrons. The molecule has 5 rings (SSSR count). The summed E-state index contributed by atoms with van der Waals surface area (Å²) in [6, 6.07) is 0. The van der Waals surface area contributed by atoms with Gasteiger partial charge in [0.2, 0.25) is 0 Å².